The number of rotatable bonds is 10. The van der Waals surface area contributed by atoms with Crippen LogP contribution in [0.5, 0.6) is 11.5 Å². The van der Waals surface area contributed by atoms with Gasteiger partial charge in [0.05, 0.1) is 18.7 Å². The van der Waals surface area contributed by atoms with Gasteiger partial charge in [-0.05, 0) is 47.3 Å². The normalized spacial score (nSPS) is 12.4. The Kier molecular flexibility index (Phi) is 8.34. The van der Waals surface area contributed by atoms with E-state index < -0.39 is 17.6 Å². The molecule has 2 amide bonds. The van der Waals surface area contributed by atoms with Crippen molar-refractivity contribution >= 4 is 23.2 Å². The van der Waals surface area contributed by atoms with Crippen LogP contribution in [0, 0.1) is 0 Å². The molecule has 1 aromatic heterocycles. The number of carbonyl (C=O) groups is 2. The Morgan fingerprint density at radius 1 is 1.00 bits per heavy atom. The van der Waals surface area contributed by atoms with Crippen molar-refractivity contribution in [2.75, 3.05) is 33.6 Å². The summed E-state index contributed by atoms with van der Waals surface area (Å²) in [4.78, 5) is 30.5. The largest absolute Gasteiger partial charge is 0.454 e. The molecular weight excluding hydrogens is 509 g/mol. The van der Waals surface area contributed by atoms with Gasteiger partial charge in [0.1, 0.15) is 6.54 Å². The maximum atomic E-state index is 13.5. The summed E-state index contributed by atoms with van der Waals surface area (Å²) in [6.07, 6.45) is -4.59. The number of thiophene rings is 1. The second-order valence-corrected chi connectivity index (χ2v) is 9.35. The van der Waals surface area contributed by atoms with E-state index in [2.05, 4.69) is 0 Å². The van der Waals surface area contributed by atoms with Gasteiger partial charge in [0, 0.05) is 30.6 Å². The van der Waals surface area contributed by atoms with Gasteiger partial charge in [-0.3, -0.25) is 9.59 Å². The minimum Gasteiger partial charge on any atom is -0.454 e. The first-order chi connectivity index (χ1) is 17.7. The highest BCUT2D eigenvalue weighted by molar-refractivity contribution is 7.09. The molecule has 0 N–H and O–H groups in total. The average Bonchev–Trinajstić information content (AvgIpc) is 3.57. The summed E-state index contributed by atoms with van der Waals surface area (Å²) < 4.78 is 55.5. The number of carbonyl (C=O) groups excluding carboxylic acids is 2. The molecule has 0 aliphatic carbocycles. The smallest absolute Gasteiger partial charge is 0.416 e. The van der Waals surface area contributed by atoms with Crippen molar-refractivity contribution in [3.05, 3.63) is 81.5 Å². The fourth-order valence-electron chi connectivity index (χ4n) is 3.81. The average molecular weight is 535 g/mol. The van der Waals surface area contributed by atoms with Crippen LogP contribution < -0.4 is 9.47 Å². The van der Waals surface area contributed by atoms with Crippen LogP contribution in [0.15, 0.2) is 60.0 Å². The number of methoxy groups -OCH3 is 1. The van der Waals surface area contributed by atoms with Crippen molar-refractivity contribution in [2.45, 2.75) is 19.3 Å². The molecule has 11 heteroatoms. The van der Waals surface area contributed by atoms with Crippen LogP contribution in [0.25, 0.3) is 0 Å². The molecule has 7 nitrogen and oxygen atoms in total. The molecule has 0 saturated carbocycles. The van der Waals surface area contributed by atoms with Crippen LogP contribution in [-0.4, -0.2) is 55.2 Å². The third kappa shape index (κ3) is 6.80. The first kappa shape index (κ1) is 26.5. The molecule has 196 valence electrons. The van der Waals surface area contributed by atoms with Crippen molar-refractivity contribution in [2.24, 2.45) is 0 Å². The number of hydrogen-bond acceptors (Lipinski definition) is 6. The van der Waals surface area contributed by atoms with Gasteiger partial charge < -0.3 is 24.0 Å². The molecule has 2 heterocycles. The summed E-state index contributed by atoms with van der Waals surface area (Å²) in [5, 5.41) is 1.90. The van der Waals surface area contributed by atoms with E-state index in [1.807, 2.05) is 23.6 Å². The molecule has 0 atom stereocenters. The molecule has 0 bridgehead atoms. The fourth-order valence-corrected chi connectivity index (χ4v) is 4.53. The minimum absolute atomic E-state index is 0.0359. The summed E-state index contributed by atoms with van der Waals surface area (Å²) in [5.41, 5.74) is -0.278. The van der Waals surface area contributed by atoms with E-state index in [0.717, 1.165) is 22.6 Å². The standard InChI is InChI=1S/C26H25F3N2O5S/c1-34-10-9-30(25(33)19-4-2-5-20(13-19)26(27,28)29)16-24(32)31(15-21-6-3-11-37-21)14-18-7-8-22-23(12-18)36-17-35-22/h2-8,11-13H,9-10,14-17H2,1H3. The number of amides is 2. The van der Waals surface area contributed by atoms with Crippen LogP contribution in [0.4, 0.5) is 13.2 Å². The van der Waals surface area contributed by atoms with Crippen molar-refractivity contribution in [1.29, 1.82) is 0 Å². The van der Waals surface area contributed by atoms with Gasteiger partial charge in [-0.25, -0.2) is 0 Å². The summed E-state index contributed by atoms with van der Waals surface area (Å²) in [5.74, 6) is 0.165. The Morgan fingerprint density at radius 2 is 1.81 bits per heavy atom. The molecule has 1 aliphatic heterocycles. The lowest BCUT2D eigenvalue weighted by atomic mass is 10.1. The van der Waals surface area contributed by atoms with Crippen molar-refractivity contribution in [3.8, 4) is 11.5 Å². The lowest BCUT2D eigenvalue weighted by Crippen LogP contribution is -2.43. The molecule has 0 fully saturated rings. The van der Waals surface area contributed by atoms with E-state index in [9.17, 15) is 22.8 Å². The van der Waals surface area contributed by atoms with E-state index in [1.165, 1.54) is 35.5 Å². The molecule has 1 aliphatic rings. The Morgan fingerprint density at radius 3 is 2.54 bits per heavy atom. The molecule has 37 heavy (non-hydrogen) atoms. The van der Waals surface area contributed by atoms with Gasteiger partial charge in [0.25, 0.3) is 5.91 Å². The topological polar surface area (TPSA) is 68.3 Å². The zero-order valence-corrected chi connectivity index (χ0v) is 20.8. The number of hydrogen-bond donors (Lipinski definition) is 0. The maximum absolute atomic E-state index is 13.5. The first-order valence-corrected chi connectivity index (χ1v) is 12.3. The van der Waals surface area contributed by atoms with Crippen LogP contribution in [-0.2, 0) is 28.8 Å². The number of alkyl halides is 3. The lowest BCUT2D eigenvalue weighted by molar-refractivity contribution is -0.137. The minimum atomic E-state index is -4.59. The number of nitrogens with zero attached hydrogens (tertiary/aromatic N) is 2. The Labute approximate surface area is 216 Å². The molecule has 0 spiro atoms. The first-order valence-electron chi connectivity index (χ1n) is 11.4. The summed E-state index contributed by atoms with van der Waals surface area (Å²) in [6.45, 7) is 0.500. The van der Waals surface area contributed by atoms with Gasteiger partial charge >= 0.3 is 6.18 Å². The molecule has 3 aromatic rings. The molecule has 0 radical (unpaired) electrons. The van der Waals surface area contributed by atoms with Crippen molar-refractivity contribution < 1.29 is 37.0 Å². The third-order valence-electron chi connectivity index (χ3n) is 5.71. The number of halogens is 3. The number of fused-ring (bicyclic) bond motifs is 1. The summed E-state index contributed by atoms with van der Waals surface area (Å²) in [6, 6.07) is 13.4. The van der Waals surface area contributed by atoms with E-state index in [4.69, 9.17) is 14.2 Å². The third-order valence-corrected chi connectivity index (χ3v) is 6.57. The van der Waals surface area contributed by atoms with E-state index in [-0.39, 0.29) is 44.5 Å². The van der Waals surface area contributed by atoms with E-state index in [0.29, 0.717) is 18.0 Å². The lowest BCUT2D eigenvalue weighted by Gasteiger charge is -2.28. The highest BCUT2D eigenvalue weighted by Crippen LogP contribution is 2.33. The Balaban J connectivity index is 1.55. The molecule has 4 rings (SSSR count). The second kappa shape index (κ2) is 11.7. The molecular formula is C26H25F3N2O5S. The molecule has 2 aromatic carbocycles. The highest BCUT2D eigenvalue weighted by atomic mass is 32.1. The maximum Gasteiger partial charge on any atom is 0.416 e. The van der Waals surface area contributed by atoms with E-state index in [1.54, 1.807) is 17.0 Å². The van der Waals surface area contributed by atoms with Crippen LogP contribution >= 0.6 is 11.3 Å². The zero-order chi connectivity index (χ0) is 26.4. The monoisotopic (exact) mass is 534 g/mol. The summed E-state index contributed by atoms with van der Waals surface area (Å²) >= 11 is 1.49. The van der Waals surface area contributed by atoms with E-state index >= 15 is 0 Å². The van der Waals surface area contributed by atoms with Crippen LogP contribution in [0.2, 0.25) is 0 Å². The van der Waals surface area contributed by atoms with Gasteiger partial charge in [-0.15, -0.1) is 11.3 Å². The summed E-state index contributed by atoms with van der Waals surface area (Å²) in [7, 11) is 1.44. The van der Waals surface area contributed by atoms with Gasteiger partial charge in [-0.1, -0.05) is 18.2 Å². The van der Waals surface area contributed by atoms with Gasteiger partial charge in [0.15, 0.2) is 11.5 Å². The highest BCUT2D eigenvalue weighted by Gasteiger charge is 2.32. The quantitative estimate of drug-likeness (QED) is 0.373. The Hall–Kier alpha value is -3.57. The second-order valence-electron chi connectivity index (χ2n) is 8.31. The van der Waals surface area contributed by atoms with Gasteiger partial charge in [-0.2, -0.15) is 13.2 Å². The van der Waals surface area contributed by atoms with Crippen molar-refractivity contribution in [1.82, 2.24) is 9.80 Å². The molecule has 0 unspecified atom stereocenters. The zero-order valence-electron chi connectivity index (χ0n) is 20.0. The molecule has 0 saturated heterocycles. The SMILES string of the molecule is COCCN(CC(=O)N(Cc1ccc2c(c1)OCO2)Cc1cccs1)C(=O)c1cccc(C(F)(F)F)c1. The van der Waals surface area contributed by atoms with Gasteiger partial charge in [0.2, 0.25) is 12.7 Å². The van der Waals surface area contributed by atoms with Crippen molar-refractivity contribution in [3.63, 3.8) is 0 Å². The number of benzene rings is 2. The number of ether oxygens (including phenoxy) is 3. The fraction of sp³-hybridized carbons (Fsp3) is 0.308. The predicted molar refractivity (Wildman–Crippen MR) is 130 cm³/mol. The van der Waals surface area contributed by atoms with Crippen LogP contribution in [0.1, 0.15) is 26.4 Å². The van der Waals surface area contributed by atoms with Crippen LogP contribution in [0.3, 0.4) is 0 Å². The Bertz CT molecular complexity index is 1230. The predicted octanol–water partition coefficient (Wildman–Crippen LogP) is 4.81.